The molecule has 0 bridgehead atoms. The Morgan fingerprint density at radius 3 is 2.26 bits per heavy atom. The average molecular weight is 253 g/mol. The first kappa shape index (κ1) is 13.8. The quantitative estimate of drug-likeness (QED) is 0.810. The smallest absolute Gasteiger partial charge is 0.0317 e. The van der Waals surface area contributed by atoms with Crippen LogP contribution in [0, 0.1) is 6.92 Å². The number of rotatable bonds is 6. The summed E-state index contributed by atoms with van der Waals surface area (Å²) in [5.74, 6) is 0. The summed E-state index contributed by atoms with van der Waals surface area (Å²) >= 11 is 0. The van der Waals surface area contributed by atoms with Gasteiger partial charge in [0.1, 0.15) is 0 Å². The fourth-order valence-corrected chi connectivity index (χ4v) is 2.33. The molecule has 0 aromatic heterocycles. The molecule has 1 heteroatoms. The maximum Gasteiger partial charge on any atom is 0.0317 e. The van der Waals surface area contributed by atoms with Crippen molar-refractivity contribution in [1.82, 2.24) is 5.32 Å². The Balaban J connectivity index is 1.87. The van der Waals surface area contributed by atoms with Gasteiger partial charge in [-0.25, -0.2) is 0 Å². The zero-order chi connectivity index (χ0) is 13.5. The monoisotopic (exact) mass is 253 g/mol. The largest absolute Gasteiger partial charge is 0.310 e. The van der Waals surface area contributed by atoms with Crippen molar-refractivity contribution in [3.8, 4) is 0 Å². The van der Waals surface area contributed by atoms with Crippen LogP contribution in [0.2, 0.25) is 0 Å². The van der Waals surface area contributed by atoms with Gasteiger partial charge in [0.2, 0.25) is 0 Å². The molecule has 0 aliphatic rings. The van der Waals surface area contributed by atoms with Crippen molar-refractivity contribution >= 4 is 0 Å². The van der Waals surface area contributed by atoms with E-state index in [4.69, 9.17) is 0 Å². The van der Waals surface area contributed by atoms with Crippen LogP contribution in [0.3, 0.4) is 0 Å². The first-order valence-electron chi connectivity index (χ1n) is 7.13. The van der Waals surface area contributed by atoms with Crippen LogP contribution in [0.15, 0.2) is 54.6 Å². The molecule has 2 rings (SSSR count). The highest BCUT2D eigenvalue weighted by Gasteiger charge is 2.07. The molecule has 1 nitrogen and oxygen atoms in total. The van der Waals surface area contributed by atoms with Crippen LogP contribution >= 0.6 is 0 Å². The summed E-state index contributed by atoms with van der Waals surface area (Å²) in [7, 11) is 0. The Morgan fingerprint density at radius 1 is 0.947 bits per heavy atom. The molecule has 1 atom stereocenters. The van der Waals surface area contributed by atoms with E-state index in [1.807, 2.05) is 0 Å². The average Bonchev–Trinajstić information content (AvgIpc) is 2.46. The highest BCUT2D eigenvalue weighted by molar-refractivity contribution is 5.24. The van der Waals surface area contributed by atoms with Crippen LogP contribution in [0.25, 0.3) is 0 Å². The van der Waals surface area contributed by atoms with E-state index in [2.05, 4.69) is 73.8 Å². The lowest BCUT2D eigenvalue weighted by atomic mass is 10.0. The zero-order valence-electron chi connectivity index (χ0n) is 11.9. The van der Waals surface area contributed by atoms with Gasteiger partial charge in [-0.3, -0.25) is 0 Å². The number of benzene rings is 2. The van der Waals surface area contributed by atoms with Gasteiger partial charge in [0.25, 0.3) is 0 Å². The van der Waals surface area contributed by atoms with Crippen molar-refractivity contribution in [2.45, 2.75) is 32.7 Å². The van der Waals surface area contributed by atoms with Crippen LogP contribution in [-0.4, -0.2) is 6.54 Å². The molecule has 0 saturated carbocycles. The van der Waals surface area contributed by atoms with E-state index in [0.29, 0.717) is 6.04 Å². The molecule has 2 aromatic carbocycles. The molecule has 2 aromatic rings. The minimum Gasteiger partial charge on any atom is -0.310 e. The summed E-state index contributed by atoms with van der Waals surface area (Å²) < 4.78 is 0. The molecule has 0 fully saturated rings. The molecule has 0 radical (unpaired) electrons. The fourth-order valence-electron chi connectivity index (χ4n) is 2.33. The minimum absolute atomic E-state index is 0.462. The predicted octanol–water partition coefficient (Wildman–Crippen LogP) is 4.28. The third kappa shape index (κ3) is 4.22. The standard InChI is InChI=1S/C18H23N/c1-3-18(17-11-9-15(2)10-12-17)19-14-13-16-7-5-4-6-8-16/h4-12,18-19H,3,13-14H2,1-2H3. The zero-order valence-corrected chi connectivity index (χ0v) is 11.9. The Kier molecular flexibility index (Phi) is 5.17. The second kappa shape index (κ2) is 7.10. The van der Waals surface area contributed by atoms with Crippen LogP contribution in [0.4, 0.5) is 0 Å². The third-order valence-electron chi connectivity index (χ3n) is 3.54. The molecule has 19 heavy (non-hydrogen) atoms. The van der Waals surface area contributed by atoms with E-state index in [1.165, 1.54) is 16.7 Å². The number of aryl methyl sites for hydroxylation is 1. The van der Waals surface area contributed by atoms with E-state index in [1.54, 1.807) is 0 Å². The minimum atomic E-state index is 0.462. The molecule has 0 heterocycles. The van der Waals surface area contributed by atoms with Crippen molar-refractivity contribution in [2.75, 3.05) is 6.54 Å². The Bertz CT molecular complexity index is 473. The summed E-state index contributed by atoms with van der Waals surface area (Å²) in [6.45, 7) is 5.39. The maximum absolute atomic E-state index is 3.65. The van der Waals surface area contributed by atoms with Gasteiger partial charge >= 0.3 is 0 Å². The Hall–Kier alpha value is -1.60. The number of hydrogen-bond donors (Lipinski definition) is 1. The SMILES string of the molecule is CCC(NCCc1ccccc1)c1ccc(C)cc1. The van der Waals surface area contributed by atoms with Gasteiger partial charge in [-0.05, 0) is 37.4 Å². The number of hydrogen-bond acceptors (Lipinski definition) is 1. The third-order valence-corrected chi connectivity index (χ3v) is 3.54. The van der Waals surface area contributed by atoms with Gasteiger partial charge in [-0.1, -0.05) is 67.1 Å². The van der Waals surface area contributed by atoms with Crippen molar-refractivity contribution < 1.29 is 0 Å². The Morgan fingerprint density at radius 2 is 1.63 bits per heavy atom. The normalized spacial score (nSPS) is 12.3. The van der Waals surface area contributed by atoms with Crippen molar-refractivity contribution in [1.29, 1.82) is 0 Å². The molecule has 0 aliphatic carbocycles. The summed E-state index contributed by atoms with van der Waals surface area (Å²) in [6, 6.07) is 20.0. The van der Waals surface area contributed by atoms with Gasteiger partial charge in [-0.15, -0.1) is 0 Å². The Labute approximate surface area is 116 Å². The van der Waals surface area contributed by atoms with Crippen LogP contribution in [0.5, 0.6) is 0 Å². The molecule has 0 spiro atoms. The lowest BCUT2D eigenvalue weighted by Crippen LogP contribution is -2.23. The van der Waals surface area contributed by atoms with Gasteiger partial charge in [-0.2, -0.15) is 0 Å². The summed E-state index contributed by atoms with van der Waals surface area (Å²) in [4.78, 5) is 0. The van der Waals surface area contributed by atoms with E-state index in [-0.39, 0.29) is 0 Å². The van der Waals surface area contributed by atoms with E-state index in [9.17, 15) is 0 Å². The topological polar surface area (TPSA) is 12.0 Å². The highest BCUT2D eigenvalue weighted by atomic mass is 14.9. The predicted molar refractivity (Wildman–Crippen MR) is 82.4 cm³/mol. The second-order valence-corrected chi connectivity index (χ2v) is 5.06. The van der Waals surface area contributed by atoms with Crippen molar-refractivity contribution in [2.24, 2.45) is 0 Å². The first-order valence-corrected chi connectivity index (χ1v) is 7.13. The van der Waals surface area contributed by atoms with Gasteiger partial charge in [0, 0.05) is 6.04 Å². The first-order chi connectivity index (χ1) is 9.29. The molecular formula is C18H23N. The fraction of sp³-hybridized carbons (Fsp3) is 0.333. The molecule has 0 amide bonds. The maximum atomic E-state index is 3.65. The van der Waals surface area contributed by atoms with Crippen LogP contribution < -0.4 is 5.32 Å². The summed E-state index contributed by atoms with van der Waals surface area (Å²) in [5.41, 5.74) is 4.11. The van der Waals surface area contributed by atoms with Crippen LogP contribution in [0.1, 0.15) is 36.1 Å². The molecular weight excluding hydrogens is 230 g/mol. The van der Waals surface area contributed by atoms with Gasteiger partial charge in [0.15, 0.2) is 0 Å². The molecule has 0 aliphatic heterocycles. The number of nitrogens with one attached hydrogen (secondary N) is 1. The second-order valence-electron chi connectivity index (χ2n) is 5.06. The molecule has 100 valence electrons. The summed E-state index contributed by atoms with van der Waals surface area (Å²) in [5, 5.41) is 3.65. The van der Waals surface area contributed by atoms with Crippen molar-refractivity contribution in [3.05, 3.63) is 71.3 Å². The van der Waals surface area contributed by atoms with E-state index < -0.39 is 0 Å². The van der Waals surface area contributed by atoms with E-state index in [0.717, 1.165) is 19.4 Å². The highest BCUT2D eigenvalue weighted by Crippen LogP contribution is 2.17. The summed E-state index contributed by atoms with van der Waals surface area (Å²) in [6.07, 6.45) is 2.21. The lowest BCUT2D eigenvalue weighted by Gasteiger charge is -2.17. The van der Waals surface area contributed by atoms with E-state index >= 15 is 0 Å². The molecule has 1 N–H and O–H groups in total. The van der Waals surface area contributed by atoms with Crippen LogP contribution in [-0.2, 0) is 6.42 Å². The lowest BCUT2D eigenvalue weighted by molar-refractivity contribution is 0.522. The van der Waals surface area contributed by atoms with Gasteiger partial charge < -0.3 is 5.32 Å². The molecule has 0 saturated heterocycles. The molecule has 1 unspecified atom stereocenters. The van der Waals surface area contributed by atoms with Crippen molar-refractivity contribution in [3.63, 3.8) is 0 Å². The van der Waals surface area contributed by atoms with Gasteiger partial charge in [0.05, 0.1) is 0 Å².